The quantitative estimate of drug-likeness (QED) is 0.908. The molecule has 0 unspecified atom stereocenters. The molecule has 1 N–H and O–H groups in total. The van der Waals surface area contributed by atoms with Crippen LogP contribution in [0.25, 0.3) is 0 Å². The normalized spacial score (nSPS) is 18.5. The number of piperidine rings is 1. The van der Waals surface area contributed by atoms with E-state index in [1.54, 1.807) is 17.0 Å². The van der Waals surface area contributed by atoms with Crippen molar-refractivity contribution in [2.75, 3.05) is 19.6 Å². The second-order valence-electron chi connectivity index (χ2n) is 6.36. The van der Waals surface area contributed by atoms with Gasteiger partial charge < -0.3 is 14.8 Å². The first-order valence-corrected chi connectivity index (χ1v) is 8.40. The van der Waals surface area contributed by atoms with Crippen LogP contribution < -0.4 is 5.32 Å². The van der Waals surface area contributed by atoms with E-state index < -0.39 is 5.82 Å². The highest BCUT2D eigenvalue weighted by Crippen LogP contribution is 2.26. The van der Waals surface area contributed by atoms with Gasteiger partial charge in [0.15, 0.2) is 5.82 Å². The van der Waals surface area contributed by atoms with E-state index in [-0.39, 0.29) is 11.5 Å². The molecule has 0 radical (unpaired) electrons. The molecule has 0 aliphatic carbocycles. The molecule has 2 aromatic rings. The molecule has 6 nitrogen and oxygen atoms in total. The summed E-state index contributed by atoms with van der Waals surface area (Å²) in [5, 5.41) is 12.0. The predicted molar refractivity (Wildman–Crippen MR) is 86.0 cm³/mol. The van der Waals surface area contributed by atoms with E-state index in [1.807, 2.05) is 0 Å². The van der Waals surface area contributed by atoms with Crippen LogP contribution in [0.4, 0.5) is 4.39 Å². The van der Waals surface area contributed by atoms with Crippen LogP contribution in [0.1, 0.15) is 40.8 Å². The zero-order chi connectivity index (χ0) is 16.5. The number of amides is 1. The topological polar surface area (TPSA) is 63.1 Å². The number of benzene rings is 1. The van der Waals surface area contributed by atoms with Crippen LogP contribution in [0.5, 0.6) is 0 Å². The van der Waals surface area contributed by atoms with Gasteiger partial charge in [-0.05, 0) is 38.1 Å². The Kier molecular flexibility index (Phi) is 4.02. The number of carbonyl (C=O) groups excluding carboxylic acids is 1. The summed E-state index contributed by atoms with van der Waals surface area (Å²) in [7, 11) is 0. The van der Waals surface area contributed by atoms with Gasteiger partial charge in [0.25, 0.3) is 5.91 Å². The predicted octanol–water partition coefficient (Wildman–Crippen LogP) is 1.54. The Labute approximate surface area is 139 Å². The number of halogens is 1. The summed E-state index contributed by atoms with van der Waals surface area (Å²) in [5.41, 5.74) is 0.115. The fourth-order valence-electron chi connectivity index (χ4n) is 3.54. The Morgan fingerprint density at radius 1 is 1.17 bits per heavy atom. The Hall–Kier alpha value is -2.28. The lowest BCUT2D eigenvalue weighted by Crippen LogP contribution is -2.39. The number of nitrogens with zero attached hydrogens (tertiary/aromatic N) is 4. The summed E-state index contributed by atoms with van der Waals surface area (Å²) in [4.78, 5) is 14.2. The van der Waals surface area contributed by atoms with Crippen LogP contribution in [0.3, 0.4) is 0 Å². The second kappa shape index (κ2) is 6.32. The highest BCUT2D eigenvalue weighted by molar-refractivity contribution is 5.94. The first-order valence-electron chi connectivity index (χ1n) is 8.40. The standard InChI is InChI=1S/C17H20FN5O/c18-14-4-2-1-3-13(14)17(24)22-9-10-23-15(11-22)20-21-16(23)12-5-7-19-8-6-12/h1-4,12,19H,5-11H2. The van der Waals surface area contributed by atoms with Crippen molar-refractivity contribution in [3.8, 4) is 0 Å². The molecule has 1 saturated heterocycles. The summed E-state index contributed by atoms with van der Waals surface area (Å²) < 4.78 is 16.0. The molecule has 7 heteroatoms. The maximum Gasteiger partial charge on any atom is 0.257 e. The molecule has 0 atom stereocenters. The maximum absolute atomic E-state index is 13.9. The van der Waals surface area contributed by atoms with Gasteiger partial charge in [-0.25, -0.2) is 4.39 Å². The minimum absolute atomic E-state index is 0.115. The van der Waals surface area contributed by atoms with Crippen molar-refractivity contribution in [3.05, 3.63) is 47.3 Å². The van der Waals surface area contributed by atoms with Crippen LogP contribution in [0.15, 0.2) is 24.3 Å². The molecule has 24 heavy (non-hydrogen) atoms. The lowest BCUT2D eigenvalue weighted by Gasteiger charge is -2.29. The number of aromatic nitrogens is 3. The minimum Gasteiger partial charge on any atom is -0.329 e. The van der Waals surface area contributed by atoms with Crippen LogP contribution in [-0.4, -0.2) is 45.2 Å². The van der Waals surface area contributed by atoms with E-state index in [0.29, 0.717) is 25.6 Å². The molecule has 2 aliphatic rings. The molecule has 0 bridgehead atoms. The summed E-state index contributed by atoms with van der Waals surface area (Å²) in [5.74, 6) is 1.49. The van der Waals surface area contributed by atoms with E-state index >= 15 is 0 Å². The van der Waals surface area contributed by atoms with Gasteiger partial charge in [-0.3, -0.25) is 4.79 Å². The monoisotopic (exact) mass is 329 g/mol. The fraction of sp³-hybridized carbons (Fsp3) is 0.471. The third-order valence-electron chi connectivity index (χ3n) is 4.88. The minimum atomic E-state index is -0.482. The summed E-state index contributed by atoms with van der Waals surface area (Å²) >= 11 is 0. The van der Waals surface area contributed by atoms with Gasteiger partial charge >= 0.3 is 0 Å². The lowest BCUT2D eigenvalue weighted by atomic mass is 9.97. The van der Waals surface area contributed by atoms with Crippen molar-refractivity contribution in [2.24, 2.45) is 0 Å². The number of nitrogens with one attached hydrogen (secondary N) is 1. The van der Waals surface area contributed by atoms with Crippen molar-refractivity contribution < 1.29 is 9.18 Å². The van der Waals surface area contributed by atoms with Crippen LogP contribution >= 0.6 is 0 Å². The van der Waals surface area contributed by atoms with Crippen molar-refractivity contribution in [1.29, 1.82) is 0 Å². The Morgan fingerprint density at radius 2 is 1.96 bits per heavy atom. The first kappa shape index (κ1) is 15.3. The number of hydrogen-bond acceptors (Lipinski definition) is 4. The molecular formula is C17H20FN5O. The van der Waals surface area contributed by atoms with Gasteiger partial charge in [-0.15, -0.1) is 10.2 Å². The first-order chi connectivity index (χ1) is 11.7. The molecule has 0 saturated carbocycles. The molecule has 0 spiro atoms. The fourth-order valence-corrected chi connectivity index (χ4v) is 3.54. The Balaban J connectivity index is 1.53. The zero-order valence-electron chi connectivity index (χ0n) is 13.4. The largest absolute Gasteiger partial charge is 0.329 e. The number of hydrogen-bond donors (Lipinski definition) is 1. The highest BCUT2D eigenvalue weighted by Gasteiger charge is 2.29. The van der Waals surface area contributed by atoms with Crippen molar-refractivity contribution in [1.82, 2.24) is 25.0 Å². The molecule has 3 heterocycles. The average Bonchev–Trinajstić information content (AvgIpc) is 3.05. The van der Waals surface area contributed by atoms with E-state index in [9.17, 15) is 9.18 Å². The van der Waals surface area contributed by atoms with Gasteiger partial charge in [-0.2, -0.15) is 0 Å². The Bertz CT molecular complexity index is 753. The van der Waals surface area contributed by atoms with Crippen molar-refractivity contribution in [3.63, 3.8) is 0 Å². The molecule has 126 valence electrons. The molecule has 2 aliphatic heterocycles. The average molecular weight is 329 g/mol. The van der Waals surface area contributed by atoms with Gasteiger partial charge in [0, 0.05) is 19.0 Å². The van der Waals surface area contributed by atoms with E-state index in [0.717, 1.165) is 37.6 Å². The maximum atomic E-state index is 13.9. The van der Waals surface area contributed by atoms with E-state index in [4.69, 9.17) is 0 Å². The van der Waals surface area contributed by atoms with E-state index in [2.05, 4.69) is 20.1 Å². The molecule has 1 aromatic heterocycles. The van der Waals surface area contributed by atoms with Crippen molar-refractivity contribution >= 4 is 5.91 Å². The van der Waals surface area contributed by atoms with Crippen LogP contribution in [-0.2, 0) is 13.1 Å². The summed E-state index contributed by atoms with van der Waals surface area (Å²) in [6, 6.07) is 6.11. The Morgan fingerprint density at radius 3 is 2.75 bits per heavy atom. The SMILES string of the molecule is O=C(c1ccccc1F)N1CCn2c(nnc2C2CCNCC2)C1. The third kappa shape index (κ3) is 2.69. The number of carbonyl (C=O) groups is 1. The molecule has 1 aromatic carbocycles. The summed E-state index contributed by atoms with van der Waals surface area (Å²) in [6.45, 7) is 3.61. The highest BCUT2D eigenvalue weighted by atomic mass is 19.1. The number of rotatable bonds is 2. The molecular weight excluding hydrogens is 309 g/mol. The third-order valence-corrected chi connectivity index (χ3v) is 4.88. The van der Waals surface area contributed by atoms with Gasteiger partial charge in [0.2, 0.25) is 0 Å². The summed E-state index contributed by atoms with van der Waals surface area (Å²) in [6.07, 6.45) is 2.13. The van der Waals surface area contributed by atoms with Crippen LogP contribution in [0, 0.1) is 5.82 Å². The lowest BCUT2D eigenvalue weighted by molar-refractivity contribution is 0.0701. The molecule has 1 amide bonds. The van der Waals surface area contributed by atoms with Gasteiger partial charge in [-0.1, -0.05) is 12.1 Å². The van der Waals surface area contributed by atoms with E-state index in [1.165, 1.54) is 12.1 Å². The van der Waals surface area contributed by atoms with Gasteiger partial charge in [0.1, 0.15) is 11.6 Å². The molecule has 4 rings (SSSR count). The van der Waals surface area contributed by atoms with Crippen molar-refractivity contribution in [2.45, 2.75) is 31.8 Å². The smallest absolute Gasteiger partial charge is 0.257 e. The van der Waals surface area contributed by atoms with Crippen LogP contribution in [0.2, 0.25) is 0 Å². The number of fused-ring (bicyclic) bond motifs is 1. The van der Waals surface area contributed by atoms with Gasteiger partial charge in [0.05, 0.1) is 12.1 Å². The second-order valence-corrected chi connectivity index (χ2v) is 6.36. The zero-order valence-corrected chi connectivity index (χ0v) is 13.4. The molecule has 1 fully saturated rings.